The number of pyridine rings is 2. The molecular formula is C21H14N2O4. The molecular weight excluding hydrogens is 344 g/mol. The molecule has 0 aliphatic carbocycles. The highest BCUT2D eigenvalue weighted by atomic mass is 16.5. The largest absolute Gasteiger partial charge is 0.452 e. The first-order valence-corrected chi connectivity index (χ1v) is 8.23. The van der Waals surface area contributed by atoms with Gasteiger partial charge in [-0.3, -0.25) is 14.8 Å². The molecule has 1 aliphatic heterocycles. The molecule has 3 heterocycles. The summed E-state index contributed by atoms with van der Waals surface area (Å²) >= 11 is 0. The smallest absolute Gasteiger partial charge is 0.345 e. The van der Waals surface area contributed by atoms with Crippen LogP contribution in [0.1, 0.15) is 31.8 Å². The summed E-state index contributed by atoms with van der Waals surface area (Å²) < 4.78 is 11.2. The van der Waals surface area contributed by atoms with Crippen molar-refractivity contribution in [1.29, 1.82) is 0 Å². The number of nitrogens with zero attached hydrogens (tertiary/aromatic N) is 2. The third-order valence-electron chi connectivity index (χ3n) is 4.14. The van der Waals surface area contributed by atoms with Crippen molar-refractivity contribution in [2.45, 2.75) is 6.92 Å². The van der Waals surface area contributed by atoms with E-state index < -0.39 is 5.97 Å². The number of allylic oxidation sites excluding steroid dienone is 1. The summed E-state index contributed by atoms with van der Waals surface area (Å²) in [5.74, 6) is 0.213. The van der Waals surface area contributed by atoms with Gasteiger partial charge in [0.25, 0.3) is 0 Å². The van der Waals surface area contributed by atoms with Crippen molar-refractivity contribution < 1.29 is 19.1 Å². The number of carbonyl (C=O) groups excluding carboxylic acids is 2. The van der Waals surface area contributed by atoms with E-state index in [9.17, 15) is 9.59 Å². The summed E-state index contributed by atoms with van der Waals surface area (Å²) in [5, 5.41) is 0. The Morgan fingerprint density at radius 2 is 1.89 bits per heavy atom. The molecule has 0 radical (unpaired) electrons. The lowest BCUT2D eigenvalue weighted by Crippen LogP contribution is -2.09. The van der Waals surface area contributed by atoms with Crippen molar-refractivity contribution in [3.05, 3.63) is 89.2 Å². The van der Waals surface area contributed by atoms with Crippen LogP contribution < -0.4 is 9.47 Å². The number of carbonyl (C=O) groups is 2. The van der Waals surface area contributed by atoms with Crippen LogP contribution in [0.3, 0.4) is 0 Å². The molecule has 0 N–H and O–H groups in total. The maximum absolute atomic E-state index is 12.6. The van der Waals surface area contributed by atoms with Crippen LogP contribution in [0.2, 0.25) is 0 Å². The van der Waals surface area contributed by atoms with Crippen molar-refractivity contribution in [2.75, 3.05) is 0 Å². The van der Waals surface area contributed by atoms with E-state index in [4.69, 9.17) is 9.47 Å². The van der Waals surface area contributed by atoms with Crippen LogP contribution in [0.5, 0.6) is 11.5 Å². The number of fused-ring (bicyclic) bond motifs is 1. The summed E-state index contributed by atoms with van der Waals surface area (Å²) in [6, 6.07) is 10.0. The first-order chi connectivity index (χ1) is 13.1. The first-order valence-electron chi connectivity index (χ1n) is 8.23. The van der Waals surface area contributed by atoms with E-state index in [1.165, 1.54) is 6.20 Å². The number of benzene rings is 1. The first kappa shape index (κ1) is 16.7. The Morgan fingerprint density at radius 1 is 1.07 bits per heavy atom. The molecule has 0 fully saturated rings. The molecule has 27 heavy (non-hydrogen) atoms. The van der Waals surface area contributed by atoms with E-state index in [-0.39, 0.29) is 11.5 Å². The maximum Gasteiger partial charge on any atom is 0.345 e. The molecule has 132 valence electrons. The Labute approximate surface area is 155 Å². The van der Waals surface area contributed by atoms with E-state index in [1.54, 1.807) is 68.0 Å². The Bertz CT molecular complexity index is 1060. The highest BCUT2D eigenvalue weighted by Crippen LogP contribution is 2.39. The Morgan fingerprint density at radius 3 is 2.63 bits per heavy atom. The fourth-order valence-corrected chi connectivity index (χ4v) is 2.73. The van der Waals surface area contributed by atoms with Crippen LogP contribution in [-0.4, -0.2) is 21.7 Å². The Balaban J connectivity index is 1.63. The zero-order valence-corrected chi connectivity index (χ0v) is 14.4. The van der Waals surface area contributed by atoms with E-state index >= 15 is 0 Å². The van der Waals surface area contributed by atoms with Gasteiger partial charge in [-0.05, 0) is 55.0 Å². The van der Waals surface area contributed by atoms with Gasteiger partial charge in [0.15, 0.2) is 5.76 Å². The molecule has 6 heteroatoms. The molecule has 1 aromatic carbocycles. The molecule has 0 atom stereocenters. The lowest BCUT2D eigenvalue weighted by Gasteiger charge is -2.10. The van der Waals surface area contributed by atoms with Gasteiger partial charge in [0, 0.05) is 30.4 Å². The third-order valence-corrected chi connectivity index (χ3v) is 4.14. The average molecular weight is 358 g/mol. The van der Waals surface area contributed by atoms with Crippen LogP contribution >= 0.6 is 0 Å². The van der Waals surface area contributed by atoms with Crippen LogP contribution in [0.25, 0.3) is 6.08 Å². The number of aromatic nitrogens is 2. The second-order valence-electron chi connectivity index (χ2n) is 5.92. The molecule has 0 unspecified atom stereocenters. The SMILES string of the molecule is Cc1c(OC(=O)c2cccnc2)ccc2c1O/C(=C\c1ccncc1)C2=O. The molecule has 2 aromatic heterocycles. The molecule has 1 aliphatic rings. The van der Waals surface area contributed by atoms with Gasteiger partial charge in [-0.15, -0.1) is 0 Å². The zero-order chi connectivity index (χ0) is 18.8. The second kappa shape index (κ2) is 6.84. The van der Waals surface area contributed by atoms with Gasteiger partial charge in [0.1, 0.15) is 11.5 Å². The van der Waals surface area contributed by atoms with Gasteiger partial charge in [-0.1, -0.05) is 0 Å². The predicted molar refractivity (Wildman–Crippen MR) is 97.5 cm³/mol. The van der Waals surface area contributed by atoms with Gasteiger partial charge < -0.3 is 9.47 Å². The Kier molecular flexibility index (Phi) is 4.22. The lowest BCUT2D eigenvalue weighted by atomic mass is 10.1. The summed E-state index contributed by atoms with van der Waals surface area (Å²) in [7, 11) is 0. The van der Waals surface area contributed by atoms with Crippen molar-refractivity contribution in [2.24, 2.45) is 0 Å². The van der Waals surface area contributed by atoms with E-state index in [2.05, 4.69) is 9.97 Å². The summed E-state index contributed by atoms with van der Waals surface area (Å²) in [6.45, 7) is 1.74. The fourth-order valence-electron chi connectivity index (χ4n) is 2.73. The van der Waals surface area contributed by atoms with Crippen LogP contribution in [0.15, 0.2) is 66.9 Å². The minimum absolute atomic E-state index is 0.213. The summed E-state index contributed by atoms with van der Waals surface area (Å²) in [4.78, 5) is 32.7. The molecule has 0 saturated carbocycles. The van der Waals surface area contributed by atoms with Gasteiger partial charge in [0.05, 0.1) is 11.1 Å². The minimum atomic E-state index is -0.525. The minimum Gasteiger partial charge on any atom is -0.452 e. The van der Waals surface area contributed by atoms with Crippen LogP contribution in [-0.2, 0) is 0 Å². The van der Waals surface area contributed by atoms with Crippen molar-refractivity contribution in [3.8, 4) is 11.5 Å². The number of Topliss-reactive ketones (excluding diaryl/α,β-unsaturated/α-hetero) is 1. The van der Waals surface area contributed by atoms with Gasteiger partial charge in [-0.25, -0.2) is 4.79 Å². The van der Waals surface area contributed by atoms with Crippen molar-refractivity contribution in [3.63, 3.8) is 0 Å². The predicted octanol–water partition coefficient (Wildman–Crippen LogP) is 3.62. The number of rotatable bonds is 3. The Hall–Kier alpha value is -3.80. The number of ketones is 1. The van der Waals surface area contributed by atoms with Crippen molar-refractivity contribution >= 4 is 17.8 Å². The summed E-state index contributed by atoms with van der Waals surface area (Å²) in [5.41, 5.74) is 2.17. The molecule has 0 amide bonds. The standard InChI is InChI=1S/C21H14N2O4/c1-13-17(27-21(25)15-3-2-8-23-12-15)5-4-16-19(24)18(26-20(13)16)11-14-6-9-22-10-7-14/h2-12H,1H3/b18-11-. The molecule has 0 bridgehead atoms. The number of hydrogen-bond acceptors (Lipinski definition) is 6. The molecule has 0 saturated heterocycles. The molecule has 4 rings (SSSR count). The fraction of sp³-hybridized carbons (Fsp3) is 0.0476. The average Bonchev–Trinajstić information content (AvgIpc) is 3.02. The molecule has 3 aromatic rings. The topological polar surface area (TPSA) is 78.4 Å². The van der Waals surface area contributed by atoms with Gasteiger partial charge in [0.2, 0.25) is 5.78 Å². The maximum atomic E-state index is 12.6. The van der Waals surface area contributed by atoms with Gasteiger partial charge in [-0.2, -0.15) is 0 Å². The number of esters is 1. The summed E-state index contributed by atoms with van der Waals surface area (Å²) in [6.07, 6.45) is 7.94. The third kappa shape index (κ3) is 3.20. The highest BCUT2D eigenvalue weighted by molar-refractivity contribution is 6.15. The van der Waals surface area contributed by atoms with E-state index in [1.807, 2.05) is 0 Å². The second-order valence-corrected chi connectivity index (χ2v) is 5.92. The quantitative estimate of drug-likeness (QED) is 0.404. The zero-order valence-electron chi connectivity index (χ0n) is 14.4. The van der Waals surface area contributed by atoms with Crippen molar-refractivity contribution in [1.82, 2.24) is 9.97 Å². The highest BCUT2D eigenvalue weighted by Gasteiger charge is 2.30. The van der Waals surface area contributed by atoms with Crippen LogP contribution in [0, 0.1) is 6.92 Å². The van der Waals surface area contributed by atoms with Gasteiger partial charge >= 0.3 is 5.97 Å². The number of ether oxygens (including phenoxy) is 2. The van der Waals surface area contributed by atoms with E-state index in [0.717, 1.165) is 5.56 Å². The molecule has 6 nitrogen and oxygen atoms in total. The van der Waals surface area contributed by atoms with Crippen LogP contribution in [0.4, 0.5) is 0 Å². The lowest BCUT2D eigenvalue weighted by molar-refractivity contribution is 0.0732. The normalized spacial score (nSPS) is 14.0. The number of hydrogen-bond donors (Lipinski definition) is 0. The molecule has 0 spiro atoms. The monoisotopic (exact) mass is 358 g/mol. The van der Waals surface area contributed by atoms with E-state index in [0.29, 0.717) is 28.2 Å².